The van der Waals surface area contributed by atoms with E-state index in [1.165, 1.54) is 0 Å². The zero-order chi connectivity index (χ0) is 13.3. The SMILES string of the molecule is CCS(=O)(=O)N1CCC[C@@H](c2n[nH]c(=S)n2C)C1. The van der Waals surface area contributed by atoms with Crippen LogP contribution in [0.15, 0.2) is 0 Å². The number of aromatic amines is 1. The van der Waals surface area contributed by atoms with Crippen LogP contribution in [-0.2, 0) is 17.1 Å². The van der Waals surface area contributed by atoms with Crippen molar-refractivity contribution in [2.24, 2.45) is 7.05 Å². The fourth-order valence-corrected chi connectivity index (χ4v) is 3.63. The van der Waals surface area contributed by atoms with Crippen molar-refractivity contribution in [2.75, 3.05) is 18.8 Å². The Kier molecular flexibility index (Phi) is 3.88. The summed E-state index contributed by atoms with van der Waals surface area (Å²) in [6.45, 7) is 2.79. The van der Waals surface area contributed by atoms with Crippen LogP contribution in [0.5, 0.6) is 0 Å². The Bertz CT molecular complexity index is 575. The Morgan fingerprint density at radius 1 is 1.56 bits per heavy atom. The van der Waals surface area contributed by atoms with Gasteiger partial charge in [0.2, 0.25) is 10.0 Å². The minimum Gasteiger partial charge on any atom is -0.307 e. The first-order valence-corrected chi connectivity index (χ1v) is 8.06. The summed E-state index contributed by atoms with van der Waals surface area (Å²) < 4.78 is 27.7. The molecular formula is C10H18N4O2S2. The van der Waals surface area contributed by atoms with Gasteiger partial charge in [-0.25, -0.2) is 12.7 Å². The van der Waals surface area contributed by atoms with E-state index in [-0.39, 0.29) is 11.7 Å². The monoisotopic (exact) mass is 290 g/mol. The molecular weight excluding hydrogens is 272 g/mol. The maximum atomic E-state index is 11.9. The van der Waals surface area contributed by atoms with Gasteiger partial charge < -0.3 is 4.57 Å². The van der Waals surface area contributed by atoms with Crippen molar-refractivity contribution < 1.29 is 8.42 Å². The van der Waals surface area contributed by atoms with E-state index in [0.29, 0.717) is 17.9 Å². The first kappa shape index (κ1) is 13.7. The molecule has 1 aromatic rings. The molecule has 1 atom stereocenters. The standard InChI is InChI=1S/C10H18N4O2S2/c1-3-18(15,16)14-6-4-5-8(7-14)9-11-12-10(17)13(9)2/h8H,3-7H2,1-2H3,(H,12,17)/t8-/m1/s1. The van der Waals surface area contributed by atoms with Crippen molar-refractivity contribution in [3.63, 3.8) is 0 Å². The van der Waals surface area contributed by atoms with E-state index in [1.807, 2.05) is 11.6 Å². The van der Waals surface area contributed by atoms with Crippen molar-refractivity contribution >= 4 is 22.2 Å². The van der Waals surface area contributed by atoms with Crippen molar-refractivity contribution in [1.82, 2.24) is 19.1 Å². The van der Waals surface area contributed by atoms with E-state index < -0.39 is 10.0 Å². The highest BCUT2D eigenvalue weighted by Crippen LogP contribution is 2.26. The lowest BCUT2D eigenvalue weighted by Gasteiger charge is -2.30. The molecule has 1 saturated heterocycles. The maximum absolute atomic E-state index is 11.9. The van der Waals surface area contributed by atoms with Crippen molar-refractivity contribution in [3.8, 4) is 0 Å². The van der Waals surface area contributed by atoms with E-state index in [4.69, 9.17) is 12.2 Å². The third-order valence-corrected chi connectivity index (χ3v) is 5.64. The summed E-state index contributed by atoms with van der Waals surface area (Å²) in [6.07, 6.45) is 1.81. The number of piperidine rings is 1. The summed E-state index contributed by atoms with van der Waals surface area (Å²) in [5.41, 5.74) is 0. The number of sulfonamides is 1. The van der Waals surface area contributed by atoms with Gasteiger partial charge in [-0.3, -0.25) is 5.10 Å². The lowest BCUT2D eigenvalue weighted by molar-refractivity contribution is 0.306. The number of nitrogens with one attached hydrogen (secondary N) is 1. The lowest BCUT2D eigenvalue weighted by atomic mass is 9.99. The van der Waals surface area contributed by atoms with E-state index in [1.54, 1.807) is 11.2 Å². The fourth-order valence-electron chi connectivity index (χ4n) is 2.31. The second-order valence-corrected chi connectivity index (χ2v) is 7.19. The molecule has 1 fully saturated rings. The van der Waals surface area contributed by atoms with Crippen LogP contribution in [0.1, 0.15) is 31.5 Å². The van der Waals surface area contributed by atoms with Crippen LogP contribution in [0.2, 0.25) is 0 Å². The Hall–Kier alpha value is -0.730. The van der Waals surface area contributed by atoms with Crippen LogP contribution in [0.3, 0.4) is 0 Å². The summed E-state index contributed by atoms with van der Waals surface area (Å²) in [4.78, 5) is 0. The van der Waals surface area contributed by atoms with Gasteiger partial charge in [-0.15, -0.1) is 0 Å². The molecule has 0 radical (unpaired) electrons. The number of hydrogen-bond donors (Lipinski definition) is 1. The molecule has 1 N–H and O–H groups in total. The smallest absolute Gasteiger partial charge is 0.213 e. The molecule has 1 aromatic heterocycles. The molecule has 1 aliphatic rings. The van der Waals surface area contributed by atoms with Gasteiger partial charge in [0.15, 0.2) is 4.77 Å². The molecule has 1 aliphatic heterocycles. The Morgan fingerprint density at radius 2 is 2.28 bits per heavy atom. The minimum atomic E-state index is -3.11. The van der Waals surface area contributed by atoms with Crippen LogP contribution in [0.4, 0.5) is 0 Å². The molecule has 2 rings (SSSR count). The first-order valence-electron chi connectivity index (χ1n) is 6.05. The molecule has 0 aromatic carbocycles. The molecule has 102 valence electrons. The molecule has 0 aliphatic carbocycles. The molecule has 0 amide bonds. The zero-order valence-electron chi connectivity index (χ0n) is 10.6. The van der Waals surface area contributed by atoms with E-state index in [0.717, 1.165) is 18.7 Å². The van der Waals surface area contributed by atoms with E-state index in [2.05, 4.69) is 10.2 Å². The van der Waals surface area contributed by atoms with Gasteiger partial charge in [0.25, 0.3) is 0 Å². The average molecular weight is 290 g/mol. The number of hydrogen-bond acceptors (Lipinski definition) is 4. The third kappa shape index (κ3) is 2.50. The van der Waals surface area contributed by atoms with E-state index in [9.17, 15) is 8.42 Å². The Balaban J connectivity index is 2.22. The van der Waals surface area contributed by atoms with Gasteiger partial charge in [-0.2, -0.15) is 5.10 Å². The highest BCUT2D eigenvalue weighted by molar-refractivity contribution is 7.89. The van der Waals surface area contributed by atoms with Crippen molar-refractivity contribution in [2.45, 2.75) is 25.7 Å². The largest absolute Gasteiger partial charge is 0.307 e. The quantitative estimate of drug-likeness (QED) is 0.843. The second-order valence-electron chi connectivity index (χ2n) is 4.54. The first-order chi connectivity index (χ1) is 8.45. The summed E-state index contributed by atoms with van der Waals surface area (Å²) in [5, 5.41) is 6.96. The van der Waals surface area contributed by atoms with Crippen molar-refractivity contribution in [1.29, 1.82) is 0 Å². The van der Waals surface area contributed by atoms with Crippen LogP contribution in [0, 0.1) is 4.77 Å². The number of aromatic nitrogens is 3. The van der Waals surface area contributed by atoms with Gasteiger partial charge in [0.1, 0.15) is 5.82 Å². The molecule has 2 heterocycles. The predicted octanol–water partition coefficient (Wildman–Crippen LogP) is 1.01. The third-order valence-electron chi connectivity index (χ3n) is 3.42. The predicted molar refractivity (Wildman–Crippen MR) is 71.4 cm³/mol. The van der Waals surface area contributed by atoms with Crippen LogP contribution in [-0.4, -0.2) is 46.3 Å². The average Bonchev–Trinajstić information content (AvgIpc) is 2.70. The summed E-state index contributed by atoms with van der Waals surface area (Å²) in [7, 11) is -1.25. The van der Waals surface area contributed by atoms with Gasteiger partial charge in [0.05, 0.1) is 5.75 Å². The number of nitrogens with zero attached hydrogens (tertiary/aromatic N) is 3. The molecule has 0 bridgehead atoms. The second kappa shape index (κ2) is 5.10. The normalized spacial score (nSPS) is 22.2. The topological polar surface area (TPSA) is 71.0 Å². The molecule has 0 saturated carbocycles. The minimum absolute atomic E-state index is 0.123. The maximum Gasteiger partial charge on any atom is 0.213 e. The van der Waals surface area contributed by atoms with Crippen LogP contribution >= 0.6 is 12.2 Å². The highest BCUT2D eigenvalue weighted by atomic mass is 32.2. The highest BCUT2D eigenvalue weighted by Gasteiger charge is 2.30. The molecule has 0 unspecified atom stereocenters. The Labute approximate surface area is 112 Å². The molecule has 8 heteroatoms. The van der Waals surface area contributed by atoms with Gasteiger partial charge in [-0.05, 0) is 32.0 Å². The zero-order valence-corrected chi connectivity index (χ0v) is 12.2. The number of rotatable bonds is 3. The van der Waals surface area contributed by atoms with E-state index >= 15 is 0 Å². The van der Waals surface area contributed by atoms with Crippen molar-refractivity contribution in [3.05, 3.63) is 10.6 Å². The van der Waals surface area contributed by atoms with Crippen LogP contribution in [0.25, 0.3) is 0 Å². The molecule has 18 heavy (non-hydrogen) atoms. The van der Waals surface area contributed by atoms with Gasteiger partial charge in [-0.1, -0.05) is 0 Å². The summed E-state index contributed by atoms with van der Waals surface area (Å²) >= 11 is 5.08. The molecule has 0 spiro atoms. The fraction of sp³-hybridized carbons (Fsp3) is 0.800. The Morgan fingerprint density at radius 3 is 2.83 bits per heavy atom. The van der Waals surface area contributed by atoms with Gasteiger partial charge in [0, 0.05) is 26.1 Å². The summed E-state index contributed by atoms with van der Waals surface area (Å²) in [6, 6.07) is 0. The lowest BCUT2D eigenvalue weighted by Crippen LogP contribution is -2.40. The summed E-state index contributed by atoms with van der Waals surface area (Å²) in [5.74, 6) is 1.12. The number of H-pyrrole nitrogens is 1. The molecule has 6 nitrogen and oxygen atoms in total. The van der Waals surface area contributed by atoms with Crippen LogP contribution < -0.4 is 0 Å². The van der Waals surface area contributed by atoms with Gasteiger partial charge >= 0.3 is 0 Å².